The summed E-state index contributed by atoms with van der Waals surface area (Å²) in [5, 5.41) is 0. The first-order valence-electron chi connectivity index (χ1n) is 4.38. The van der Waals surface area contributed by atoms with Crippen molar-refractivity contribution >= 4 is 0 Å². The van der Waals surface area contributed by atoms with Gasteiger partial charge in [-0.3, -0.25) is 0 Å². The lowest BCUT2D eigenvalue weighted by Gasteiger charge is -2.10. The number of allylic oxidation sites excluding steroid dienone is 6. The van der Waals surface area contributed by atoms with E-state index in [9.17, 15) is 0 Å². The van der Waals surface area contributed by atoms with Gasteiger partial charge in [0.15, 0.2) is 0 Å². The number of hydrogen-bond donors (Lipinski definition) is 0. The highest BCUT2D eigenvalue weighted by atomic mass is 14.1. The van der Waals surface area contributed by atoms with Crippen LogP contribution in [0.25, 0.3) is 0 Å². The Morgan fingerprint density at radius 2 is 2.08 bits per heavy atom. The fourth-order valence-electron chi connectivity index (χ4n) is 1.18. The Hall–Kier alpha value is -1.04. The predicted octanol–water partition coefficient (Wildman–Crippen LogP) is 3.89. The van der Waals surface area contributed by atoms with Crippen molar-refractivity contribution in [2.45, 2.75) is 20.3 Å². The quantitative estimate of drug-likeness (QED) is 0.538. The molecule has 0 nitrogen and oxygen atoms in total. The third kappa shape index (κ3) is 3.38. The fraction of sp³-hybridized carbons (Fsp3) is 0.333. The molecule has 0 aromatic carbocycles. The molecule has 0 saturated heterocycles. The van der Waals surface area contributed by atoms with E-state index in [1.807, 2.05) is 19.1 Å². The van der Waals surface area contributed by atoms with Crippen LogP contribution in [0, 0.1) is 5.92 Å². The Morgan fingerprint density at radius 3 is 2.42 bits per heavy atom. The van der Waals surface area contributed by atoms with Gasteiger partial charge in [-0.1, -0.05) is 50.5 Å². The summed E-state index contributed by atoms with van der Waals surface area (Å²) >= 11 is 0. The monoisotopic (exact) mass is 162 g/mol. The molecule has 0 amide bonds. The smallest absolute Gasteiger partial charge is 0.00149 e. The maximum atomic E-state index is 3.78. The van der Waals surface area contributed by atoms with Crippen LogP contribution in [0.5, 0.6) is 0 Å². The highest BCUT2D eigenvalue weighted by Gasteiger charge is 2.02. The van der Waals surface area contributed by atoms with Crippen molar-refractivity contribution in [3.63, 3.8) is 0 Å². The Kier molecular flexibility index (Phi) is 6.08. The van der Waals surface area contributed by atoms with E-state index in [4.69, 9.17) is 0 Å². The van der Waals surface area contributed by atoms with E-state index in [0.717, 1.165) is 6.42 Å². The van der Waals surface area contributed by atoms with E-state index in [2.05, 4.69) is 32.2 Å². The number of hydrogen-bond acceptors (Lipinski definition) is 0. The highest BCUT2D eigenvalue weighted by molar-refractivity contribution is 5.23. The lowest BCUT2D eigenvalue weighted by atomic mass is 9.95. The minimum absolute atomic E-state index is 0.491. The maximum Gasteiger partial charge on any atom is 0.00149 e. The minimum Gasteiger partial charge on any atom is -0.0991 e. The molecule has 0 aromatic heterocycles. The standard InChI is InChI=1S/C12H18/c1-5-9-10-12(8-4)11(6-2)7-3/h5-7,9-10,12H,1-2,8H2,3-4H3/b10-9-,11-7+. The Bertz CT molecular complexity index is 194. The van der Waals surface area contributed by atoms with Crippen molar-refractivity contribution < 1.29 is 0 Å². The molecule has 0 aliphatic carbocycles. The average Bonchev–Trinajstić information content (AvgIpc) is 2.12. The zero-order chi connectivity index (χ0) is 9.40. The molecule has 0 aliphatic rings. The molecule has 0 heterocycles. The van der Waals surface area contributed by atoms with Gasteiger partial charge in [0.05, 0.1) is 0 Å². The molecule has 0 heteroatoms. The van der Waals surface area contributed by atoms with Crippen molar-refractivity contribution in [1.29, 1.82) is 0 Å². The van der Waals surface area contributed by atoms with Crippen molar-refractivity contribution in [2.24, 2.45) is 5.92 Å². The summed E-state index contributed by atoms with van der Waals surface area (Å²) in [6.07, 6.45) is 11.1. The first-order valence-corrected chi connectivity index (χ1v) is 4.38. The third-order valence-corrected chi connectivity index (χ3v) is 1.92. The Morgan fingerprint density at radius 1 is 1.42 bits per heavy atom. The largest absolute Gasteiger partial charge is 0.0991 e. The van der Waals surface area contributed by atoms with Gasteiger partial charge in [0.25, 0.3) is 0 Å². The summed E-state index contributed by atoms with van der Waals surface area (Å²) in [6, 6.07) is 0. The van der Waals surface area contributed by atoms with E-state index in [0.29, 0.717) is 5.92 Å². The Balaban J connectivity index is 4.41. The lowest BCUT2D eigenvalue weighted by Crippen LogP contribution is -1.96. The molecule has 1 unspecified atom stereocenters. The van der Waals surface area contributed by atoms with Crippen LogP contribution in [-0.2, 0) is 0 Å². The molecule has 0 N–H and O–H groups in total. The summed E-state index contributed by atoms with van der Waals surface area (Å²) < 4.78 is 0. The van der Waals surface area contributed by atoms with Gasteiger partial charge in [-0.05, 0) is 18.9 Å². The summed E-state index contributed by atoms with van der Waals surface area (Å²) in [5.74, 6) is 0.491. The zero-order valence-electron chi connectivity index (χ0n) is 8.09. The molecule has 12 heavy (non-hydrogen) atoms. The topological polar surface area (TPSA) is 0 Å². The first-order chi connectivity index (χ1) is 5.79. The van der Waals surface area contributed by atoms with Gasteiger partial charge in [0.2, 0.25) is 0 Å². The van der Waals surface area contributed by atoms with Crippen LogP contribution in [0.2, 0.25) is 0 Å². The second kappa shape index (κ2) is 6.66. The SMILES string of the molecule is C=C/C=C\C(CC)/C(C=C)=C/C. The summed E-state index contributed by atoms with van der Waals surface area (Å²) in [6.45, 7) is 11.6. The van der Waals surface area contributed by atoms with Crippen molar-refractivity contribution in [3.05, 3.63) is 49.1 Å². The van der Waals surface area contributed by atoms with Crippen LogP contribution in [-0.4, -0.2) is 0 Å². The predicted molar refractivity (Wildman–Crippen MR) is 57.1 cm³/mol. The van der Waals surface area contributed by atoms with E-state index in [1.54, 1.807) is 6.08 Å². The fourth-order valence-corrected chi connectivity index (χ4v) is 1.18. The lowest BCUT2D eigenvalue weighted by molar-refractivity contribution is 0.743. The summed E-state index contributed by atoms with van der Waals surface area (Å²) in [5.41, 5.74) is 1.29. The normalized spacial score (nSPS) is 14.7. The third-order valence-electron chi connectivity index (χ3n) is 1.92. The Labute approximate surface area is 76.0 Å². The zero-order valence-corrected chi connectivity index (χ0v) is 8.09. The molecular weight excluding hydrogens is 144 g/mol. The van der Waals surface area contributed by atoms with Gasteiger partial charge in [-0.25, -0.2) is 0 Å². The minimum atomic E-state index is 0.491. The molecule has 1 atom stereocenters. The van der Waals surface area contributed by atoms with Gasteiger partial charge in [0.1, 0.15) is 0 Å². The molecule has 0 aliphatic heterocycles. The summed E-state index contributed by atoms with van der Waals surface area (Å²) in [4.78, 5) is 0. The van der Waals surface area contributed by atoms with Gasteiger partial charge in [-0.15, -0.1) is 0 Å². The highest BCUT2D eigenvalue weighted by Crippen LogP contribution is 2.17. The van der Waals surface area contributed by atoms with Crippen LogP contribution in [0.4, 0.5) is 0 Å². The van der Waals surface area contributed by atoms with E-state index < -0.39 is 0 Å². The molecule has 0 rings (SSSR count). The van der Waals surface area contributed by atoms with Crippen LogP contribution in [0.15, 0.2) is 49.1 Å². The summed E-state index contributed by atoms with van der Waals surface area (Å²) in [7, 11) is 0. The van der Waals surface area contributed by atoms with Crippen molar-refractivity contribution in [3.8, 4) is 0 Å². The van der Waals surface area contributed by atoms with Gasteiger partial charge in [0, 0.05) is 5.92 Å². The molecule has 0 aromatic rings. The molecule has 0 saturated carbocycles. The van der Waals surface area contributed by atoms with E-state index in [1.165, 1.54) is 5.57 Å². The molecule has 0 spiro atoms. The molecular formula is C12H18. The molecule has 0 bridgehead atoms. The number of rotatable bonds is 5. The molecule has 0 radical (unpaired) electrons. The first kappa shape index (κ1) is 11.0. The molecule has 66 valence electrons. The van der Waals surface area contributed by atoms with Crippen LogP contribution in [0.3, 0.4) is 0 Å². The second-order valence-electron chi connectivity index (χ2n) is 2.63. The van der Waals surface area contributed by atoms with E-state index in [-0.39, 0.29) is 0 Å². The van der Waals surface area contributed by atoms with Crippen LogP contribution >= 0.6 is 0 Å². The van der Waals surface area contributed by atoms with Crippen LogP contribution in [0.1, 0.15) is 20.3 Å². The van der Waals surface area contributed by atoms with Crippen molar-refractivity contribution in [2.75, 3.05) is 0 Å². The van der Waals surface area contributed by atoms with Gasteiger partial charge < -0.3 is 0 Å². The van der Waals surface area contributed by atoms with Crippen molar-refractivity contribution in [1.82, 2.24) is 0 Å². The second-order valence-corrected chi connectivity index (χ2v) is 2.63. The maximum absolute atomic E-state index is 3.78. The van der Waals surface area contributed by atoms with Gasteiger partial charge >= 0.3 is 0 Å². The van der Waals surface area contributed by atoms with E-state index >= 15 is 0 Å². The molecule has 0 fully saturated rings. The average molecular weight is 162 g/mol. The van der Waals surface area contributed by atoms with Crippen LogP contribution < -0.4 is 0 Å². The van der Waals surface area contributed by atoms with Gasteiger partial charge in [-0.2, -0.15) is 0 Å².